The fourth-order valence-corrected chi connectivity index (χ4v) is 1.56. The van der Waals surface area contributed by atoms with Gasteiger partial charge < -0.3 is 15.2 Å². The summed E-state index contributed by atoms with van der Waals surface area (Å²) in [6, 6.07) is 2.73. The molecular formula is C13H16N2O4. The van der Waals surface area contributed by atoms with Gasteiger partial charge in [0.1, 0.15) is 5.69 Å². The van der Waals surface area contributed by atoms with E-state index in [4.69, 9.17) is 9.84 Å². The van der Waals surface area contributed by atoms with E-state index in [0.717, 1.165) is 6.61 Å². The summed E-state index contributed by atoms with van der Waals surface area (Å²) in [5.41, 5.74) is 0.146. The van der Waals surface area contributed by atoms with Gasteiger partial charge in [0, 0.05) is 24.9 Å². The van der Waals surface area contributed by atoms with E-state index in [-0.39, 0.29) is 17.2 Å². The van der Waals surface area contributed by atoms with Crippen molar-refractivity contribution in [3.63, 3.8) is 0 Å². The van der Waals surface area contributed by atoms with Gasteiger partial charge in [0.05, 0.1) is 6.61 Å². The number of nitrogens with one attached hydrogen (secondary N) is 1. The first-order chi connectivity index (χ1) is 9.16. The molecule has 2 rings (SSSR count). The second-order valence-corrected chi connectivity index (χ2v) is 4.51. The van der Waals surface area contributed by atoms with Crippen LogP contribution in [0.3, 0.4) is 0 Å². The normalized spacial score (nSPS) is 14.1. The van der Waals surface area contributed by atoms with Crippen LogP contribution in [-0.4, -0.2) is 41.7 Å². The zero-order valence-electron chi connectivity index (χ0n) is 10.5. The van der Waals surface area contributed by atoms with Gasteiger partial charge in [-0.25, -0.2) is 9.78 Å². The van der Waals surface area contributed by atoms with Crippen LogP contribution in [0.25, 0.3) is 0 Å². The monoisotopic (exact) mass is 264 g/mol. The quantitative estimate of drug-likeness (QED) is 0.715. The predicted molar refractivity (Wildman–Crippen MR) is 67.1 cm³/mol. The third kappa shape index (κ3) is 4.33. The summed E-state index contributed by atoms with van der Waals surface area (Å²) in [4.78, 5) is 26.1. The average Bonchev–Trinajstić information content (AvgIpc) is 3.22. The summed E-state index contributed by atoms with van der Waals surface area (Å²) >= 11 is 0. The maximum absolute atomic E-state index is 11.7. The van der Waals surface area contributed by atoms with Crippen molar-refractivity contribution < 1.29 is 19.4 Å². The summed E-state index contributed by atoms with van der Waals surface area (Å²) in [6.07, 6.45) is 3.78. The minimum absolute atomic E-state index is 0.141. The highest BCUT2D eigenvalue weighted by Gasteiger charge is 2.20. The number of aromatic nitrogens is 1. The maximum Gasteiger partial charge on any atom is 0.354 e. The van der Waals surface area contributed by atoms with Gasteiger partial charge in [-0.05, 0) is 30.9 Å². The van der Waals surface area contributed by atoms with Gasteiger partial charge in [0.2, 0.25) is 0 Å². The molecule has 6 nitrogen and oxygen atoms in total. The number of carboxylic acids is 1. The molecule has 0 aliphatic heterocycles. The van der Waals surface area contributed by atoms with E-state index < -0.39 is 5.97 Å². The molecule has 0 saturated heterocycles. The van der Waals surface area contributed by atoms with E-state index in [1.165, 1.54) is 31.2 Å². The van der Waals surface area contributed by atoms with Crippen molar-refractivity contribution in [3.05, 3.63) is 29.6 Å². The average molecular weight is 264 g/mol. The van der Waals surface area contributed by atoms with E-state index in [0.29, 0.717) is 19.1 Å². The molecule has 0 bridgehead atoms. The minimum Gasteiger partial charge on any atom is -0.477 e. The number of pyridine rings is 1. The first kappa shape index (κ1) is 13.5. The smallest absolute Gasteiger partial charge is 0.354 e. The second-order valence-electron chi connectivity index (χ2n) is 4.51. The molecule has 2 N–H and O–H groups in total. The number of hydrogen-bond acceptors (Lipinski definition) is 4. The molecule has 19 heavy (non-hydrogen) atoms. The van der Waals surface area contributed by atoms with Crippen LogP contribution in [0, 0.1) is 5.92 Å². The van der Waals surface area contributed by atoms with Gasteiger partial charge in [-0.1, -0.05) is 0 Å². The lowest BCUT2D eigenvalue weighted by Gasteiger charge is -2.06. The molecular weight excluding hydrogens is 248 g/mol. The van der Waals surface area contributed by atoms with Crippen molar-refractivity contribution >= 4 is 11.9 Å². The van der Waals surface area contributed by atoms with Crippen LogP contribution >= 0.6 is 0 Å². The minimum atomic E-state index is -1.15. The Bertz CT molecular complexity index is 471. The van der Waals surface area contributed by atoms with Crippen molar-refractivity contribution in [2.75, 3.05) is 19.8 Å². The van der Waals surface area contributed by atoms with Gasteiger partial charge in [-0.3, -0.25) is 4.79 Å². The Balaban J connectivity index is 1.75. The third-order valence-electron chi connectivity index (χ3n) is 2.82. The Hall–Kier alpha value is -1.95. The molecule has 1 fully saturated rings. The molecule has 1 aliphatic rings. The number of carbonyl (C=O) groups excluding carboxylic acids is 1. The van der Waals surface area contributed by atoms with E-state index in [9.17, 15) is 9.59 Å². The Kier molecular flexibility index (Phi) is 4.46. The van der Waals surface area contributed by atoms with Crippen LogP contribution in [0.15, 0.2) is 18.3 Å². The number of nitrogens with zero attached hydrogens (tertiary/aromatic N) is 1. The van der Waals surface area contributed by atoms with Crippen LogP contribution in [0.1, 0.15) is 33.7 Å². The first-order valence-electron chi connectivity index (χ1n) is 6.22. The molecule has 0 aromatic carbocycles. The Morgan fingerprint density at radius 3 is 2.95 bits per heavy atom. The highest BCUT2D eigenvalue weighted by Crippen LogP contribution is 2.28. The first-order valence-corrected chi connectivity index (χ1v) is 6.22. The number of aromatic carboxylic acids is 1. The molecule has 0 spiro atoms. The van der Waals surface area contributed by atoms with Crippen LogP contribution in [-0.2, 0) is 4.74 Å². The lowest BCUT2D eigenvalue weighted by atomic mass is 10.2. The van der Waals surface area contributed by atoms with Gasteiger partial charge in [0.25, 0.3) is 5.91 Å². The summed E-state index contributed by atoms with van der Waals surface area (Å²) in [7, 11) is 0. The largest absolute Gasteiger partial charge is 0.477 e. The van der Waals surface area contributed by atoms with E-state index in [2.05, 4.69) is 10.3 Å². The van der Waals surface area contributed by atoms with Gasteiger partial charge in [0.15, 0.2) is 0 Å². The number of ether oxygens (including phenoxy) is 1. The zero-order valence-corrected chi connectivity index (χ0v) is 10.5. The Morgan fingerprint density at radius 1 is 1.47 bits per heavy atom. The molecule has 1 heterocycles. The van der Waals surface area contributed by atoms with Gasteiger partial charge >= 0.3 is 5.97 Å². The fourth-order valence-electron chi connectivity index (χ4n) is 1.56. The zero-order chi connectivity index (χ0) is 13.7. The summed E-state index contributed by atoms with van der Waals surface area (Å²) in [5, 5.41) is 11.5. The fraction of sp³-hybridized carbons (Fsp3) is 0.462. The Morgan fingerprint density at radius 2 is 2.26 bits per heavy atom. The van der Waals surface area contributed by atoms with Crippen molar-refractivity contribution in [2.24, 2.45) is 5.92 Å². The SMILES string of the molecule is O=C(NCCOCC1CC1)c1ccnc(C(=O)O)c1. The highest BCUT2D eigenvalue weighted by molar-refractivity contribution is 5.96. The topological polar surface area (TPSA) is 88.5 Å². The van der Waals surface area contributed by atoms with Crippen molar-refractivity contribution in [1.29, 1.82) is 0 Å². The molecule has 1 aromatic heterocycles. The van der Waals surface area contributed by atoms with Crippen LogP contribution in [0.4, 0.5) is 0 Å². The van der Waals surface area contributed by atoms with Crippen molar-refractivity contribution in [3.8, 4) is 0 Å². The molecule has 1 amide bonds. The molecule has 6 heteroatoms. The predicted octanol–water partition coefficient (Wildman–Crippen LogP) is 0.936. The molecule has 1 aromatic rings. The number of carbonyl (C=O) groups is 2. The number of amides is 1. The van der Waals surface area contributed by atoms with Crippen LogP contribution < -0.4 is 5.32 Å². The number of hydrogen-bond donors (Lipinski definition) is 2. The standard InChI is InChI=1S/C13H16N2O4/c16-12(15-5-6-19-8-9-1-2-9)10-3-4-14-11(7-10)13(17)18/h3-4,7,9H,1-2,5-6,8H2,(H,15,16)(H,17,18). The van der Waals surface area contributed by atoms with E-state index >= 15 is 0 Å². The van der Waals surface area contributed by atoms with E-state index in [1.807, 2.05) is 0 Å². The lowest BCUT2D eigenvalue weighted by molar-refractivity contribution is 0.0690. The van der Waals surface area contributed by atoms with Crippen LogP contribution in [0.2, 0.25) is 0 Å². The maximum atomic E-state index is 11.7. The molecule has 0 radical (unpaired) electrons. The summed E-state index contributed by atoms with van der Waals surface area (Å²) < 4.78 is 5.38. The molecule has 1 aliphatic carbocycles. The molecule has 1 saturated carbocycles. The highest BCUT2D eigenvalue weighted by atomic mass is 16.5. The summed E-state index contributed by atoms with van der Waals surface area (Å²) in [5.74, 6) is -0.767. The van der Waals surface area contributed by atoms with Gasteiger partial charge in [-0.2, -0.15) is 0 Å². The third-order valence-corrected chi connectivity index (χ3v) is 2.82. The molecule has 102 valence electrons. The Labute approximate surface area is 110 Å². The van der Waals surface area contributed by atoms with Crippen molar-refractivity contribution in [2.45, 2.75) is 12.8 Å². The van der Waals surface area contributed by atoms with Crippen molar-refractivity contribution in [1.82, 2.24) is 10.3 Å². The molecule has 0 unspecified atom stereocenters. The number of carboxylic acid groups (broad SMARTS) is 1. The molecule has 0 atom stereocenters. The second kappa shape index (κ2) is 6.29. The van der Waals surface area contributed by atoms with Crippen LogP contribution in [0.5, 0.6) is 0 Å². The van der Waals surface area contributed by atoms with Gasteiger partial charge in [-0.15, -0.1) is 0 Å². The summed E-state index contributed by atoms with van der Waals surface area (Å²) in [6.45, 7) is 1.64. The van der Waals surface area contributed by atoms with E-state index in [1.54, 1.807) is 0 Å². The number of rotatable bonds is 7. The lowest BCUT2D eigenvalue weighted by Crippen LogP contribution is -2.27.